The molecule has 0 saturated carbocycles. The van der Waals surface area contributed by atoms with Gasteiger partial charge in [0, 0.05) is 28.3 Å². The van der Waals surface area contributed by atoms with Crippen molar-refractivity contribution in [1.82, 2.24) is 9.97 Å². The van der Waals surface area contributed by atoms with Gasteiger partial charge in [0.15, 0.2) is 0 Å². The van der Waals surface area contributed by atoms with Gasteiger partial charge in [0.1, 0.15) is 5.82 Å². The Morgan fingerprint density at radius 3 is 2.05 bits per heavy atom. The lowest BCUT2D eigenvalue weighted by atomic mass is 9.92. The van der Waals surface area contributed by atoms with Gasteiger partial charge in [-0.2, -0.15) is 0 Å². The lowest BCUT2D eigenvalue weighted by molar-refractivity contribution is 0.623. The summed E-state index contributed by atoms with van der Waals surface area (Å²) in [4.78, 5) is 6.41. The zero-order chi connectivity index (χ0) is 13.2. The maximum atomic E-state index is 13.6. The van der Waals surface area contributed by atoms with E-state index >= 15 is 0 Å². The van der Waals surface area contributed by atoms with E-state index in [1.807, 2.05) is 42.7 Å². The molecule has 2 aromatic heterocycles. The van der Waals surface area contributed by atoms with Crippen LogP contribution in [0, 0.1) is 5.82 Å². The van der Waals surface area contributed by atoms with Crippen LogP contribution in [-0.4, -0.2) is 9.97 Å². The summed E-state index contributed by atoms with van der Waals surface area (Å²) in [6.45, 7) is 0. The highest BCUT2D eigenvalue weighted by Crippen LogP contribution is 2.31. The van der Waals surface area contributed by atoms with E-state index in [1.54, 1.807) is 6.07 Å². The number of nitrogens with one attached hydrogen (secondary N) is 2. The standard InChI is InChI=1S/C15H12BrFN2/c16-11-7-10(8-12(17)9-11)15(13-3-1-5-18-13)14-4-2-6-19-14/h1-9,15,18-19H. The van der Waals surface area contributed by atoms with E-state index in [-0.39, 0.29) is 11.7 Å². The van der Waals surface area contributed by atoms with Crippen molar-refractivity contribution in [3.05, 3.63) is 82.1 Å². The van der Waals surface area contributed by atoms with Crippen molar-refractivity contribution in [2.24, 2.45) is 0 Å². The minimum atomic E-state index is -0.243. The smallest absolute Gasteiger partial charge is 0.124 e. The quantitative estimate of drug-likeness (QED) is 0.716. The summed E-state index contributed by atoms with van der Waals surface area (Å²) < 4.78 is 14.4. The van der Waals surface area contributed by atoms with E-state index in [4.69, 9.17) is 0 Å². The number of hydrogen-bond donors (Lipinski definition) is 2. The molecule has 0 spiro atoms. The highest BCUT2D eigenvalue weighted by molar-refractivity contribution is 9.10. The molecule has 0 fully saturated rings. The average molecular weight is 319 g/mol. The van der Waals surface area contributed by atoms with Crippen molar-refractivity contribution >= 4 is 15.9 Å². The summed E-state index contributed by atoms with van der Waals surface area (Å²) in [5, 5.41) is 0. The van der Waals surface area contributed by atoms with Crippen molar-refractivity contribution in [2.75, 3.05) is 0 Å². The minimum absolute atomic E-state index is 0.0306. The van der Waals surface area contributed by atoms with Gasteiger partial charge in [-0.3, -0.25) is 0 Å². The molecule has 0 aliphatic rings. The summed E-state index contributed by atoms with van der Waals surface area (Å²) in [6.07, 6.45) is 3.75. The Morgan fingerprint density at radius 1 is 0.947 bits per heavy atom. The van der Waals surface area contributed by atoms with E-state index in [1.165, 1.54) is 6.07 Å². The molecule has 2 heterocycles. The van der Waals surface area contributed by atoms with Gasteiger partial charge in [-0.25, -0.2) is 4.39 Å². The number of rotatable bonds is 3. The molecule has 0 saturated heterocycles. The lowest BCUT2D eigenvalue weighted by Crippen LogP contribution is -2.04. The Hall–Kier alpha value is -1.81. The van der Waals surface area contributed by atoms with E-state index in [9.17, 15) is 4.39 Å². The summed E-state index contributed by atoms with van der Waals surface area (Å²) in [5.74, 6) is -0.274. The van der Waals surface area contributed by atoms with Crippen molar-refractivity contribution < 1.29 is 4.39 Å². The fourth-order valence-corrected chi connectivity index (χ4v) is 2.80. The Labute approximate surface area is 118 Å². The highest BCUT2D eigenvalue weighted by atomic mass is 79.9. The van der Waals surface area contributed by atoms with Gasteiger partial charge >= 0.3 is 0 Å². The first-order chi connectivity index (χ1) is 9.24. The molecule has 4 heteroatoms. The van der Waals surface area contributed by atoms with E-state index in [0.29, 0.717) is 0 Å². The molecule has 0 aliphatic carbocycles. The third-order valence-corrected chi connectivity index (χ3v) is 3.54. The first kappa shape index (κ1) is 12.2. The van der Waals surface area contributed by atoms with Crippen LogP contribution in [0.4, 0.5) is 4.39 Å². The molecule has 0 radical (unpaired) electrons. The number of aromatic nitrogens is 2. The zero-order valence-corrected chi connectivity index (χ0v) is 11.6. The first-order valence-corrected chi connectivity index (χ1v) is 6.76. The predicted molar refractivity (Wildman–Crippen MR) is 76.6 cm³/mol. The molecule has 0 unspecified atom stereocenters. The number of aromatic amines is 2. The topological polar surface area (TPSA) is 31.6 Å². The van der Waals surface area contributed by atoms with Gasteiger partial charge in [0.25, 0.3) is 0 Å². The van der Waals surface area contributed by atoms with Crippen LogP contribution in [0.25, 0.3) is 0 Å². The lowest BCUT2D eigenvalue weighted by Gasteiger charge is -2.16. The summed E-state index contributed by atoms with van der Waals surface area (Å²) in [5.41, 5.74) is 2.96. The van der Waals surface area contributed by atoms with Crippen LogP contribution in [0.1, 0.15) is 22.9 Å². The second kappa shape index (κ2) is 5.05. The molecular formula is C15H12BrFN2. The molecule has 3 rings (SSSR count). The van der Waals surface area contributed by atoms with Crippen LogP contribution >= 0.6 is 15.9 Å². The Balaban J connectivity index is 2.14. The molecule has 2 nitrogen and oxygen atoms in total. The molecule has 0 aliphatic heterocycles. The third kappa shape index (κ3) is 2.49. The number of halogens is 2. The van der Waals surface area contributed by atoms with Crippen LogP contribution in [0.3, 0.4) is 0 Å². The summed E-state index contributed by atoms with van der Waals surface area (Å²) in [7, 11) is 0. The van der Waals surface area contributed by atoms with Crippen LogP contribution in [-0.2, 0) is 0 Å². The van der Waals surface area contributed by atoms with Crippen molar-refractivity contribution in [1.29, 1.82) is 0 Å². The van der Waals surface area contributed by atoms with E-state index in [2.05, 4.69) is 25.9 Å². The maximum absolute atomic E-state index is 13.6. The van der Waals surface area contributed by atoms with Crippen molar-refractivity contribution in [3.8, 4) is 0 Å². The molecule has 0 amide bonds. The molecule has 0 atom stereocenters. The fraction of sp³-hybridized carbons (Fsp3) is 0.0667. The van der Waals surface area contributed by atoms with E-state index in [0.717, 1.165) is 21.4 Å². The van der Waals surface area contributed by atoms with Crippen LogP contribution in [0.5, 0.6) is 0 Å². The Kier molecular flexibility index (Phi) is 3.25. The second-order valence-electron chi connectivity index (χ2n) is 4.39. The first-order valence-electron chi connectivity index (χ1n) is 5.96. The van der Waals surface area contributed by atoms with Gasteiger partial charge in [-0.1, -0.05) is 15.9 Å². The highest BCUT2D eigenvalue weighted by Gasteiger charge is 2.19. The van der Waals surface area contributed by atoms with Gasteiger partial charge in [-0.05, 0) is 48.0 Å². The molecule has 0 bridgehead atoms. The maximum Gasteiger partial charge on any atom is 0.124 e. The Bertz CT molecular complexity index is 605. The van der Waals surface area contributed by atoms with Gasteiger partial charge < -0.3 is 9.97 Å². The monoisotopic (exact) mass is 318 g/mol. The van der Waals surface area contributed by atoms with Gasteiger partial charge in [0.2, 0.25) is 0 Å². The van der Waals surface area contributed by atoms with Crippen molar-refractivity contribution in [2.45, 2.75) is 5.92 Å². The largest absolute Gasteiger partial charge is 0.364 e. The van der Waals surface area contributed by atoms with Crippen LogP contribution in [0.2, 0.25) is 0 Å². The Morgan fingerprint density at radius 2 is 1.58 bits per heavy atom. The molecule has 2 N–H and O–H groups in total. The number of hydrogen-bond acceptors (Lipinski definition) is 0. The van der Waals surface area contributed by atoms with Crippen molar-refractivity contribution in [3.63, 3.8) is 0 Å². The second-order valence-corrected chi connectivity index (χ2v) is 5.30. The summed E-state index contributed by atoms with van der Waals surface area (Å²) in [6, 6.07) is 12.9. The molecular weight excluding hydrogens is 307 g/mol. The number of benzene rings is 1. The zero-order valence-electron chi connectivity index (χ0n) is 10.0. The van der Waals surface area contributed by atoms with Gasteiger partial charge in [-0.15, -0.1) is 0 Å². The third-order valence-electron chi connectivity index (χ3n) is 3.08. The minimum Gasteiger partial charge on any atom is -0.364 e. The SMILES string of the molecule is Fc1cc(Br)cc(C(c2ccc[nH]2)c2ccc[nH]2)c1. The normalized spacial score (nSPS) is 11.1. The predicted octanol–water partition coefficient (Wildman–Crippen LogP) is 4.42. The molecule has 19 heavy (non-hydrogen) atoms. The summed E-state index contributed by atoms with van der Waals surface area (Å²) >= 11 is 3.35. The molecule has 3 aromatic rings. The number of H-pyrrole nitrogens is 2. The van der Waals surface area contributed by atoms with E-state index < -0.39 is 0 Å². The molecule has 96 valence electrons. The fourth-order valence-electron chi connectivity index (χ4n) is 2.32. The van der Waals surface area contributed by atoms with Gasteiger partial charge in [0.05, 0.1) is 5.92 Å². The van der Waals surface area contributed by atoms with Crippen LogP contribution in [0.15, 0.2) is 59.3 Å². The molecule has 1 aromatic carbocycles. The van der Waals surface area contributed by atoms with Crippen LogP contribution < -0.4 is 0 Å². The average Bonchev–Trinajstić information content (AvgIpc) is 3.01.